The highest BCUT2D eigenvalue weighted by atomic mass is 32.2. The molecule has 1 aromatic heterocycles. The van der Waals surface area contributed by atoms with Crippen molar-refractivity contribution >= 4 is 22.7 Å². The van der Waals surface area contributed by atoms with Gasteiger partial charge in [-0.3, -0.25) is 4.79 Å². The summed E-state index contributed by atoms with van der Waals surface area (Å²) in [5, 5.41) is 17.6. The summed E-state index contributed by atoms with van der Waals surface area (Å²) in [6.07, 6.45) is 0. The van der Waals surface area contributed by atoms with Gasteiger partial charge in [0.2, 0.25) is 0 Å². The molecule has 3 rings (SSSR count). The van der Waals surface area contributed by atoms with E-state index in [-0.39, 0.29) is 12.2 Å². The van der Waals surface area contributed by atoms with Crippen molar-refractivity contribution in [3.8, 4) is 0 Å². The molecule has 2 aromatic carbocycles. The van der Waals surface area contributed by atoms with E-state index in [0.717, 1.165) is 10.5 Å². The largest absolute Gasteiger partial charge is 0.392 e. The lowest BCUT2D eigenvalue weighted by atomic mass is 10.2. The number of aromatic nitrogens is 3. The first-order valence-corrected chi connectivity index (χ1v) is 7.41. The highest BCUT2D eigenvalue weighted by Crippen LogP contribution is 2.19. The monoisotopic (exact) mass is 299 g/mol. The molecule has 0 amide bonds. The first-order valence-electron chi connectivity index (χ1n) is 6.43. The van der Waals surface area contributed by atoms with Crippen molar-refractivity contribution in [1.82, 2.24) is 15.0 Å². The van der Waals surface area contributed by atoms with E-state index in [1.165, 1.54) is 16.4 Å². The molecule has 0 bridgehead atoms. The Morgan fingerprint density at radius 1 is 1.10 bits per heavy atom. The number of benzene rings is 2. The Morgan fingerprint density at radius 2 is 1.86 bits per heavy atom. The van der Waals surface area contributed by atoms with Crippen LogP contribution in [-0.4, -0.2) is 20.1 Å². The molecular formula is C15H13N3O2S. The molecule has 0 saturated carbocycles. The van der Waals surface area contributed by atoms with E-state index in [0.29, 0.717) is 16.8 Å². The van der Waals surface area contributed by atoms with E-state index >= 15 is 0 Å². The molecule has 0 saturated heterocycles. The molecule has 3 aromatic rings. The van der Waals surface area contributed by atoms with Crippen molar-refractivity contribution in [2.24, 2.45) is 0 Å². The molecule has 21 heavy (non-hydrogen) atoms. The van der Waals surface area contributed by atoms with Crippen molar-refractivity contribution in [1.29, 1.82) is 0 Å². The highest BCUT2D eigenvalue weighted by molar-refractivity contribution is 7.98. The minimum absolute atomic E-state index is 0.0283. The van der Waals surface area contributed by atoms with E-state index in [1.807, 2.05) is 36.4 Å². The predicted octanol–water partition coefficient (Wildman–Crippen LogP) is 2.03. The van der Waals surface area contributed by atoms with Crippen LogP contribution in [0.5, 0.6) is 0 Å². The lowest BCUT2D eigenvalue weighted by Crippen LogP contribution is -2.23. The van der Waals surface area contributed by atoms with Gasteiger partial charge in [-0.2, -0.15) is 0 Å². The van der Waals surface area contributed by atoms with Gasteiger partial charge in [0, 0.05) is 4.90 Å². The number of hydrogen-bond donors (Lipinski definition) is 1. The normalized spacial score (nSPS) is 10.9. The van der Waals surface area contributed by atoms with Gasteiger partial charge in [0.25, 0.3) is 5.56 Å². The van der Waals surface area contributed by atoms with Crippen molar-refractivity contribution in [2.45, 2.75) is 17.4 Å². The smallest absolute Gasteiger partial charge is 0.278 e. The third-order valence-corrected chi connectivity index (χ3v) is 4.07. The first kappa shape index (κ1) is 13.8. The summed E-state index contributed by atoms with van der Waals surface area (Å²) in [5.41, 5.74) is 1.33. The second-order valence-electron chi connectivity index (χ2n) is 4.49. The molecule has 0 aliphatic carbocycles. The van der Waals surface area contributed by atoms with Gasteiger partial charge >= 0.3 is 0 Å². The van der Waals surface area contributed by atoms with E-state index in [9.17, 15) is 4.79 Å². The van der Waals surface area contributed by atoms with E-state index in [1.54, 1.807) is 12.1 Å². The number of hydrogen-bond acceptors (Lipinski definition) is 5. The van der Waals surface area contributed by atoms with Crippen LogP contribution in [-0.2, 0) is 12.5 Å². The van der Waals surface area contributed by atoms with Gasteiger partial charge in [-0.05, 0) is 29.8 Å². The SMILES string of the molecule is O=c1c2ccccc2nnn1CSc1ccc(CO)cc1. The van der Waals surface area contributed by atoms with Crippen molar-refractivity contribution in [2.75, 3.05) is 0 Å². The van der Waals surface area contributed by atoms with Crippen LogP contribution in [0.3, 0.4) is 0 Å². The molecule has 0 fully saturated rings. The number of aliphatic hydroxyl groups is 1. The zero-order chi connectivity index (χ0) is 14.7. The molecule has 0 aliphatic rings. The molecule has 0 aliphatic heterocycles. The van der Waals surface area contributed by atoms with Crippen LogP contribution in [0.4, 0.5) is 0 Å². The standard InChI is InChI=1S/C15H13N3O2S/c19-9-11-5-7-12(8-6-11)21-10-18-15(20)13-3-1-2-4-14(13)16-17-18/h1-8,19H,9-10H2. The Kier molecular flexibility index (Phi) is 3.98. The molecule has 0 unspecified atom stereocenters. The second-order valence-corrected chi connectivity index (χ2v) is 5.51. The van der Waals surface area contributed by atoms with Crippen LogP contribution >= 0.6 is 11.8 Å². The van der Waals surface area contributed by atoms with Crippen LogP contribution in [0.25, 0.3) is 10.9 Å². The molecule has 6 heteroatoms. The van der Waals surface area contributed by atoms with Crippen LogP contribution in [0.15, 0.2) is 58.2 Å². The highest BCUT2D eigenvalue weighted by Gasteiger charge is 2.05. The Hall–Kier alpha value is -2.18. The summed E-state index contributed by atoms with van der Waals surface area (Å²) in [7, 11) is 0. The van der Waals surface area contributed by atoms with Crippen molar-refractivity contribution in [3.05, 3.63) is 64.4 Å². The zero-order valence-corrected chi connectivity index (χ0v) is 12.0. The van der Waals surface area contributed by atoms with Gasteiger partial charge < -0.3 is 5.11 Å². The number of thioether (sulfide) groups is 1. The van der Waals surface area contributed by atoms with Crippen LogP contribution < -0.4 is 5.56 Å². The summed E-state index contributed by atoms with van der Waals surface area (Å²) in [6.45, 7) is 0.0283. The Labute approximate surface area is 125 Å². The Balaban J connectivity index is 1.81. The fourth-order valence-electron chi connectivity index (χ4n) is 1.93. The summed E-state index contributed by atoms with van der Waals surface area (Å²) in [6, 6.07) is 14.7. The van der Waals surface area contributed by atoms with E-state index < -0.39 is 0 Å². The number of rotatable bonds is 4. The molecule has 1 heterocycles. The van der Waals surface area contributed by atoms with Gasteiger partial charge in [0.05, 0.1) is 17.9 Å². The fraction of sp³-hybridized carbons (Fsp3) is 0.133. The van der Waals surface area contributed by atoms with Gasteiger partial charge in [-0.25, -0.2) is 4.68 Å². The topological polar surface area (TPSA) is 68.0 Å². The average Bonchev–Trinajstić information content (AvgIpc) is 2.55. The van der Waals surface area contributed by atoms with Crippen molar-refractivity contribution in [3.63, 3.8) is 0 Å². The number of aliphatic hydroxyl groups excluding tert-OH is 1. The lowest BCUT2D eigenvalue weighted by Gasteiger charge is -2.05. The fourth-order valence-corrected chi connectivity index (χ4v) is 2.70. The molecule has 1 N–H and O–H groups in total. The molecular weight excluding hydrogens is 286 g/mol. The summed E-state index contributed by atoms with van der Waals surface area (Å²) >= 11 is 1.49. The predicted molar refractivity (Wildman–Crippen MR) is 82.0 cm³/mol. The van der Waals surface area contributed by atoms with Crippen LogP contribution in [0, 0.1) is 0 Å². The first-order chi connectivity index (χ1) is 10.3. The number of fused-ring (bicyclic) bond motifs is 1. The van der Waals surface area contributed by atoms with Crippen molar-refractivity contribution < 1.29 is 5.11 Å². The number of nitrogens with zero attached hydrogens (tertiary/aromatic N) is 3. The van der Waals surface area contributed by atoms with Gasteiger partial charge in [0.15, 0.2) is 0 Å². The zero-order valence-electron chi connectivity index (χ0n) is 11.1. The minimum atomic E-state index is -0.139. The molecule has 0 radical (unpaired) electrons. The molecule has 0 atom stereocenters. The summed E-state index contributed by atoms with van der Waals surface area (Å²) in [4.78, 5) is 13.3. The quantitative estimate of drug-likeness (QED) is 0.747. The molecule has 106 valence electrons. The third-order valence-electron chi connectivity index (χ3n) is 3.09. The lowest BCUT2D eigenvalue weighted by molar-refractivity contribution is 0.282. The average molecular weight is 299 g/mol. The third kappa shape index (κ3) is 2.96. The summed E-state index contributed by atoms with van der Waals surface area (Å²) in [5.74, 6) is 0.398. The van der Waals surface area contributed by atoms with Gasteiger partial charge in [0.1, 0.15) is 5.52 Å². The molecule has 5 nitrogen and oxygen atoms in total. The Morgan fingerprint density at radius 3 is 2.62 bits per heavy atom. The minimum Gasteiger partial charge on any atom is -0.392 e. The van der Waals surface area contributed by atoms with Crippen LogP contribution in [0.1, 0.15) is 5.56 Å². The second kappa shape index (κ2) is 6.07. The van der Waals surface area contributed by atoms with E-state index in [4.69, 9.17) is 5.11 Å². The maximum absolute atomic E-state index is 12.3. The van der Waals surface area contributed by atoms with Crippen LogP contribution in [0.2, 0.25) is 0 Å². The van der Waals surface area contributed by atoms with Gasteiger partial charge in [-0.1, -0.05) is 29.5 Å². The summed E-state index contributed by atoms with van der Waals surface area (Å²) < 4.78 is 1.35. The maximum Gasteiger partial charge on any atom is 0.278 e. The van der Waals surface area contributed by atoms with Gasteiger partial charge in [-0.15, -0.1) is 16.9 Å². The molecule has 0 spiro atoms. The van der Waals surface area contributed by atoms with E-state index in [2.05, 4.69) is 10.3 Å². The Bertz CT molecular complexity index is 815. The maximum atomic E-state index is 12.3.